The standard InChI is InChI=1S/C25H27N5O4S/c1-28-13-18(2-3-21(32)29-7-4-17(5-8-29)11-20-26-6-9-35-20)10-19-12-25(24(34)27-23(19)28)15-30(16-25)22(33)14-31/h2-4,6,9-10,13,31H,5,7-8,11-12,14-16H2,1H3/p+1. The molecule has 1 fully saturated rings. The lowest BCUT2D eigenvalue weighted by atomic mass is 9.72. The van der Waals surface area contributed by atoms with Crippen LogP contribution < -0.4 is 9.88 Å². The number of likely N-dealkylation sites (tertiary alicyclic amines) is 1. The predicted octanol–water partition coefficient (Wildman–Crippen LogP) is 0.698. The van der Waals surface area contributed by atoms with Crippen LogP contribution in [-0.2, 0) is 34.3 Å². The number of aliphatic hydroxyl groups excluding tert-OH is 1. The molecule has 5 heterocycles. The van der Waals surface area contributed by atoms with E-state index in [2.05, 4.69) is 16.4 Å². The molecule has 3 aliphatic heterocycles. The van der Waals surface area contributed by atoms with Crippen LogP contribution in [0.15, 0.2) is 41.6 Å². The molecular weight excluding hydrogens is 466 g/mol. The molecule has 1 spiro atoms. The van der Waals surface area contributed by atoms with Crippen LogP contribution in [0.5, 0.6) is 0 Å². The molecule has 182 valence electrons. The summed E-state index contributed by atoms with van der Waals surface area (Å²) in [5, 5.41) is 15.1. The Morgan fingerprint density at radius 3 is 2.86 bits per heavy atom. The van der Waals surface area contributed by atoms with Gasteiger partial charge in [-0.1, -0.05) is 11.6 Å². The Balaban J connectivity index is 1.24. The van der Waals surface area contributed by atoms with Crippen molar-refractivity contribution < 1.29 is 24.1 Å². The number of pyridine rings is 1. The van der Waals surface area contributed by atoms with E-state index in [0.717, 1.165) is 34.8 Å². The largest absolute Gasteiger partial charge is 0.387 e. The number of aliphatic hydroxyl groups is 1. The maximum absolute atomic E-state index is 12.8. The molecule has 3 amide bonds. The second-order valence-electron chi connectivity index (χ2n) is 9.41. The molecule has 0 aromatic carbocycles. The third-order valence-electron chi connectivity index (χ3n) is 6.95. The Morgan fingerprint density at radius 1 is 1.34 bits per heavy atom. The average Bonchev–Trinajstić information content (AvgIpc) is 3.34. The third-order valence-corrected chi connectivity index (χ3v) is 7.73. The third kappa shape index (κ3) is 4.63. The summed E-state index contributed by atoms with van der Waals surface area (Å²) >= 11 is 1.65. The minimum atomic E-state index is -0.667. The van der Waals surface area contributed by atoms with E-state index in [4.69, 9.17) is 5.11 Å². The van der Waals surface area contributed by atoms with Crippen LogP contribution in [0.1, 0.15) is 22.6 Å². The molecule has 0 saturated carbocycles. The van der Waals surface area contributed by atoms with Gasteiger partial charge in [-0.05, 0) is 18.6 Å². The Morgan fingerprint density at radius 2 is 2.17 bits per heavy atom. The van der Waals surface area contributed by atoms with Crippen molar-refractivity contribution in [3.8, 4) is 0 Å². The minimum absolute atomic E-state index is 0.0307. The van der Waals surface area contributed by atoms with E-state index in [9.17, 15) is 14.4 Å². The first-order valence-corrected chi connectivity index (χ1v) is 12.5. The summed E-state index contributed by atoms with van der Waals surface area (Å²) in [5.41, 5.74) is 2.48. The fourth-order valence-electron chi connectivity index (χ4n) is 5.00. The maximum Gasteiger partial charge on any atom is 0.317 e. The van der Waals surface area contributed by atoms with Gasteiger partial charge in [0.15, 0.2) is 0 Å². The number of anilines is 1. The number of nitrogens with zero attached hydrogens (tertiary/aromatic N) is 4. The smallest absolute Gasteiger partial charge is 0.317 e. The van der Waals surface area contributed by atoms with Gasteiger partial charge in [-0.3, -0.25) is 9.59 Å². The highest BCUT2D eigenvalue weighted by Crippen LogP contribution is 2.40. The Kier molecular flexibility index (Phi) is 6.24. The summed E-state index contributed by atoms with van der Waals surface area (Å²) in [6, 6.07) is 1.99. The van der Waals surface area contributed by atoms with E-state index >= 15 is 0 Å². The van der Waals surface area contributed by atoms with Gasteiger partial charge in [-0.15, -0.1) is 11.3 Å². The monoisotopic (exact) mass is 494 g/mol. The summed E-state index contributed by atoms with van der Waals surface area (Å²) < 4.78 is 1.86. The van der Waals surface area contributed by atoms with E-state index in [0.29, 0.717) is 32.6 Å². The second kappa shape index (κ2) is 9.35. The molecule has 1 saturated heterocycles. The molecule has 5 rings (SSSR count). The van der Waals surface area contributed by atoms with E-state index in [1.165, 1.54) is 10.5 Å². The number of thiazole rings is 1. The maximum atomic E-state index is 12.8. The quantitative estimate of drug-likeness (QED) is 0.362. The van der Waals surface area contributed by atoms with Crippen LogP contribution in [0, 0.1) is 5.41 Å². The lowest BCUT2D eigenvalue weighted by Gasteiger charge is -2.48. The van der Waals surface area contributed by atoms with Crippen LogP contribution in [0.2, 0.25) is 0 Å². The predicted molar refractivity (Wildman–Crippen MR) is 130 cm³/mol. The van der Waals surface area contributed by atoms with Crippen molar-refractivity contribution in [2.75, 3.05) is 38.1 Å². The fraction of sp³-hybridized carbons (Fsp3) is 0.400. The molecule has 0 aliphatic carbocycles. The summed E-state index contributed by atoms with van der Waals surface area (Å²) in [7, 11) is 1.86. The molecule has 35 heavy (non-hydrogen) atoms. The van der Waals surface area contributed by atoms with Gasteiger partial charge >= 0.3 is 5.91 Å². The molecular formula is C25H28N5O4S+. The number of hydrogen-bond acceptors (Lipinski definition) is 6. The summed E-state index contributed by atoms with van der Waals surface area (Å²) in [5.74, 6) is 0.230. The molecule has 0 unspecified atom stereocenters. The Bertz CT molecular complexity index is 1230. The van der Waals surface area contributed by atoms with Gasteiger partial charge in [0.05, 0.1) is 18.3 Å². The molecule has 2 aromatic rings. The van der Waals surface area contributed by atoms with Crippen LogP contribution >= 0.6 is 11.3 Å². The molecule has 2 aromatic heterocycles. The first-order chi connectivity index (χ1) is 16.9. The highest BCUT2D eigenvalue weighted by atomic mass is 32.1. The molecule has 9 nitrogen and oxygen atoms in total. The van der Waals surface area contributed by atoms with E-state index in [-0.39, 0.29) is 17.7 Å². The summed E-state index contributed by atoms with van der Waals surface area (Å²) in [4.78, 5) is 44.9. The van der Waals surface area contributed by atoms with Crippen molar-refractivity contribution in [3.05, 3.63) is 57.7 Å². The summed E-state index contributed by atoms with van der Waals surface area (Å²) in [6.45, 7) is 1.33. The van der Waals surface area contributed by atoms with E-state index in [1.54, 1.807) is 17.4 Å². The van der Waals surface area contributed by atoms with Crippen LogP contribution in [0.25, 0.3) is 6.08 Å². The average molecular weight is 495 g/mol. The number of aromatic nitrogens is 2. The second-order valence-corrected chi connectivity index (χ2v) is 10.4. The fourth-order valence-corrected chi connectivity index (χ4v) is 5.67. The number of amides is 3. The van der Waals surface area contributed by atoms with Crippen LogP contribution in [0.4, 0.5) is 5.82 Å². The van der Waals surface area contributed by atoms with Crippen molar-refractivity contribution in [2.24, 2.45) is 12.5 Å². The highest BCUT2D eigenvalue weighted by Gasteiger charge is 2.56. The van der Waals surface area contributed by atoms with E-state index in [1.807, 2.05) is 46.4 Å². The molecule has 0 atom stereocenters. The van der Waals surface area contributed by atoms with Crippen molar-refractivity contribution in [2.45, 2.75) is 19.3 Å². The van der Waals surface area contributed by atoms with Gasteiger partial charge < -0.3 is 14.9 Å². The zero-order valence-electron chi connectivity index (χ0n) is 19.6. The van der Waals surface area contributed by atoms with Gasteiger partial charge in [0.2, 0.25) is 11.8 Å². The SMILES string of the molecule is C[n+]1cc(C=CC(=O)N2CC=C(Cc3nccs3)CC2)cc2c1NC(=O)C1(C2)CN(C(=O)CO)C1. The first-order valence-electron chi connectivity index (χ1n) is 11.6. The van der Waals surface area contributed by atoms with Gasteiger partial charge in [0, 0.05) is 67.8 Å². The zero-order valence-corrected chi connectivity index (χ0v) is 20.4. The van der Waals surface area contributed by atoms with Crippen molar-refractivity contribution >= 4 is 41.0 Å². The molecule has 2 N–H and O–H groups in total. The summed E-state index contributed by atoms with van der Waals surface area (Å²) in [6.07, 6.45) is 11.4. The molecule has 3 aliphatic rings. The molecule has 0 bridgehead atoms. The normalized spacial score (nSPS) is 18.8. The van der Waals surface area contributed by atoms with Crippen molar-refractivity contribution in [1.82, 2.24) is 14.8 Å². The minimum Gasteiger partial charge on any atom is -0.387 e. The number of carbonyl (C=O) groups is 3. The van der Waals surface area contributed by atoms with Crippen LogP contribution in [0.3, 0.4) is 0 Å². The number of carbonyl (C=O) groups excluding carboxylic acids is 3. The topological polar surface area (TPSA) is 107 Å². The van der Waals surface area contributed by atoms with Gasteiger partial charge in [-0.2, -0.15) is 0 Å². The van der Waals surface area contributed by atoms with Crippen molar-refractivity contribution in [3.63, 3.8) is 0 Å². The lowest BCUT2D eigenvalue weighted by molar-refractivity contribution is -0.657. The molecule has 10 heteroatoms. The first kappa shape index (κ1) is 23.4. The number of hydrogen-bond donors (Lipinski definition) is 2. The van der Waals surface area contributed by atoms with Gasteiger partial charge in [0.25, 0.3) is 5.82 Å². The van der Waals surface area contributed by atoms with E-state index < -0.39 is 12.0 Å². The Labute approximate surface area is 207 Å². The highest BCUT2D eigenvalue weighted by molar-refractivity contribution is 7.09. The lowest BCUT2D eigenvalue weighted by Crippen LogP contribution is -2.66. The van der Waals surface area contributed by atoms with Crippen LogP contribution in [-0.4, -0.2) is 70.4 Å². The number of nitrogens with one attached hydrogen (secondary N) is 1. The number of fused-ring (bicyclic) bond motifs is 1. The number of rotatable bonds is 5. The van der Waals surface area contributed by atoms with Gasteiger partial charge in [0.1, 0.15) is 12.0 Å². The van der Waals surface area contributed by atoms with Gasteiger partial charge in [-0.25, -0.2) is 19.7 Å². The number of aryl methyl sites for hydroxylation is 1. The molecule has 0 radical (unpaired) electrons. The van der Waals surface area contributed by atoms with Crippen molar-refractivity contribution in [1.29, 1.82) is 0 Å². The zero-order chi connectivity index (χ0) is 24.6. The Hall–Kier alpha value is -3.37.